The van der Waals surface area contributed by atoms with E-state index in [-0.39, 0.29) is 29.9 Å². The summed E-state index contributed by atoms with van der Waals surface area (Å²) in [4.78, 5) is 11.1. The third-order valence-electron chi connectivity index (χ3n) is 2.75. The number of pyridine rings is 1. The van der Waals surface area contributed by atoms with Crippen molar-refractivity contribution in [2.24, 2.45) is 7.05 Å². The topological polar surface area (TPSA) is 33.0 Å². The van der Waals surface area contributed by atoms with Gasteiger partial charge in [-0.15, -0.1) is 0 Å². The summed E-state index contributed by atoms with van der Waals surface area (Å²) in [6.45, 7) is 3.57. The van der Waals surface area contributed by atoms with Crippen LogP contribution in [0.25, 0.3) is 10.9 Å². The van der Waals surface area contributed by atoms with Gasteiger partial charge in [0.05, 0.1) is 0 Å². The fourth-order valence-electron chi connectivity index (χ4n) is 1.86. The van der Waals surface area contributed by atoms with Crippen LogP contribution in [0, 0.1) is 6.92 Å². The number of anilines is 1. The van der Waals surface area contributed by atoms with Gasteiger partial charge in [0.25, 0.3) is 0 Å². The highest BCUT2D eigenvalue weighted by molar-refractivity contribution is 5.97. The Morgan fingerprint density at radius 2 is 1.94 bits per heavy atom. The standard InChI is InChI=1S/C13H14N2O.HI/c1-9-7-8-11-5-4-6-12(14-10(2)16)13(11)15(9)3;/h4-8H,1-3H3;1H. The Bertz CT molecular complexity index is 567. The van der Waals surface area contributed by atoms with Gasteiger partial charge in [0, 0.05) is 25.3 Å². The van der Waals surface area contributed by atoms with Crippen LogP contribution in [0.5, 0.6) is 0 Å². The van der Waals surface area contributed by atoms with Crippen LogP contribution >= 0.6 is 0 Å². The molecule has 0 unspecified atom stereocenters. The van der Waals surface area contributed by atoms with Gasteiger partial charge in [0.2, 0.25) is 11.4 Å². The largest absolute Gasteiger partial charge is 1.00 e. The first kappa shape index (κ1) is 13.9. The van der Waals surface area contributed by atoms with Crippen LogP contribution in [0.4, 0.5) is 5.69 Å². The maximum Gasteiger partial charge on any atom is 0.236 e. The second-order valence-corrected chi connectivity index (χ2v) is 3.96. The van der Waals surface area contributed by atoms with E-state index in [9.17, 15) is 4.79 Å². The molecule has 90 valence electrons. The van der Waals surface area contributed by atoms with Crippen molar-refractivity contribution in [3.05, 3.63) is 36.0 Å². The lowest BCUT2D eigenvalue weighted by Gasteiger charge is -2.05. The predicted octanol–water partition coefficient (Wildman–Crippen LogP) is -1.06. The highest BCUT2D eigenvalue weighted by Gasteiger charge is 2.13. The lowest BCUT2D eigenvalue weighted by Crippen LogP contribution is -3.00. The van der Waals surface area contributed by atoms with E-state index in [2.05, 4.69) is 22.0 Å². The maximum absolute atomic E-state index is 11.1. The SMILES string of the molecule is CC(=O)Nc1cccc2ccc(C)[n+](C)c12.[I-]. The summed E-state index contributed by atoms with van der Waals surface area (Å²) in [5.74, 6) is -0.0472. The van der Waals surface area contributed by atoms with Crippen LogP contribution in [0.2, 0.25) is 0 Å². The normalized spacial score (nSPS) is 9.82. The van der Waals surface area contributed by atoms with Crippen molar-refractivity contribution in [3.8, 4) is 0 Å². The summed E-state index contributed by atoms with van der Waals surface area (Å²) in [6, 6.07) is 10.0. The minimum atomic E-state index is -0.0472. The monoisotopic (exact) mass is 342 g/mol. The Hall–Kier alpha value is -1.17. The van der Waals surface area contributed by atoms with Crippen LogP contribution in [0.3, 0.4) is 0 Å². The lowest BCUT2D eigenvalue weighted by atomic mass is 10.1. The molecule has 1 heterocycles. The van der Waals surface area contributed by atoms with Crippen molar-refractivity contribution in [2.45, 2.75) is 13.8 Å². The van der Waals surface area contributed by atoms with Crippen LogP contribution in [0.1, 0.15) is 12.6 Å². The molecule has 0 aliphatic rings. The van der Waals surface area contributed by atoms with Crippen LogP contribution in [-0.4, -0.2) is 5.91 Å². The molecule has 1 aromatic heterocycles. The first-order valence-electron chi connectivity index (χ1n) is 5.25. The van der Waals surface area contributed by atoms with Gasteiger partial charge in [0.1, 0.15) is 12.7 Å². The van der Waals surface area contributed by atoms with Gasteiger partial charge in [-0.25, -0.2) is 0 Å². The number of rotatable bonds is 1. The number of carbonyl (C=O) groups excluding carboxylic acids is 1. The molecule has 0 radical (unpaired) electrons. The van der Waals surface area contributed by atoms with Gasteiger partial charge in [0.15, 0.2) is 5.69 Å². The zero-order valence-corrected chi connectivity index (χ0v) is 12.3. The fraction of sp³-hybridized carbons (Fsp3) is 0.231. The van der Waals surface area contributed by atoms with E-state index in [1.54, 1.807) is 0 Å². The van der Waals surface area contributed by atoms with Gasteiger partial charge >= 0.3 is 0 Å². The van der Waals surface area contributed by atoms with Crippen molar-refractivity contribution in [1.82, 2.24) is 0 Å². The molecule has 0 aliphatic carbocycles. The number of halogens is 1. The van der Waals surface area contributed by atoms with E-state index in [0.717, 1.165) is 22.3 Å². The number of hydrogen-bond donors (Lipinski definition) is 1. The number of amides is 1. The first-order valence-corrected chi connectivity index (χ1v) is 5.25. The second kappa shape index (κ2) is 5.44. The molecule has 0 saturated heterocycles. The molecular formula is C13H15IN2O. The van der Waals surface area contributed by atoms with E-state index in [4.69, 9.17) is 0 Å². The lowest BCUT2D eigenvalue weighted by molar-refractivity contribution is -0.650. The molecule has 0 atom stereocenters. The molecule has 2 aromatic rings. The van der Waals surface area contributed by atoms with E-state index < -0.39 is 0 Å². The van der Waals surface area contributed by atoms with Gasteiger partial charge in [-0.1, -0.05) is 6.07 Å². The Morgan fingerprint density at radius 3 is 2.59 bits per heavy atom. The Labute approximate surface area is 118 Å². The Kier molecular flexibility index (Phi) is 4.45. The number of hydrogen-bond acceptors (Lipinski definition) is 1. The minimum Gasteiger partial charge on any atom is -1.00 e. The van der Waals surface area contributed by atoms with E-state index in [1.807, 2.05) is 32.2 Å². The van der Waals surface area contributed by atoms with E-state index in [1.165, 1.54) is 6.92 Å². The van der Waals surface area contributed by atoms with Gasteiger partial charge in [-0.3, -0.25) is 4.79 Å². The molecule has 3 nitrogen and oxygen atoms in total. The molecule has 4 heteroatoms. The zero-order chi connectivity index (χ0) is 11.7. The molecule has 0 spiro atoms. The Morgan fingerprint density at radius 1 is 1.24 bits per heavy atom. The number of nitrogens with one attached hydrogen (secondary N) is 1. The number of para-hydroxylation sites is 1. The highest BCUT2D eigenvalue weighted by atomic mass is 127. The first-order chi connectivity index (χ1) is 7.59. The van der Waals surface area contributed by atoms with Crippen LogP contribution < -0.4 is 33.9 Å². The average Bonchev–Trinajstić information content (AvgIpc) is 2.23. The summed E-state index contributed by atoms with van der Waals surface area (Å²) in [5.41, 5.74) is 3.07. The smallest absolute Gasteiger partial charge is 0.236 e. The number of fused-ring (bicyclic) bond motifs is 1. The molecule has 2 rings (SSSR count). The summed E-state index contributed by atoms with van der Waals surface area (Å²) in [5, 5.41) is 3.98. The van der Waals surface area contributed by atoms with Crippen molar-refractivity contribution >= 4 is 22.5 Å². The predicted molar refractivity (Wildman–Crippen MR) is 64.2 cm³/mol. The number of carbonyl (C=O) groups is 1. The Balaban J connectivity index is 0.00000144. The van der Waals surface area contributed by atoms with Crippen LogP contribution in [-0.2, 0) is 11.8 Å². The maximum atomic E-state index is 11.1. The van der Waals surface area contributed by atoms with Gasteiger partial charge < -0.3 is 29.3 Å². The number of nitrogens with zero attached hydrogens (tertiary/aromatic N) is 1. The second-order valence-electron chi connectivity index (χ2n) is 3.96. The van der Waals surface area contributed by atoms with Crippen molar-refractivity contribution in [2.75, 3.05) is 5.32 Å². The molecule has 0 bridgehead atoms. The molecule has 0 aliphatic heterocycles. The number of aromatic nitrogens is 1. The molecule has 1 amide bonds. The quantitative estimate of drug-likeness (QED) is 0.520. The molecule has 1 N–H and O–H groups in total. The number of benzene rings is 1. The van der Waals surface area contributed by atoms with Gasteiger partial charge in [-0.2, -0.15) is 4.57 Å². The number of aryl methyl sites for hydroxylation is 2. The summed E-state index contributed by atoms with van der Waals surface area (Å²) < 4.78 is 2.08. The minimum absolute atomic E-state index is 0. The summed E-state index contributed by atoms with van der Waals surface area (Å²) in [7, 11) is 2.00. The molecular weight excluding hydrogens is 327 g/mol. The van der Waals surface area contributed by atoms with Crippen molar-refractivity contribution in [3.63, 3.8) is 0 Å². The van der Waals surface area contributed by atoms with E-state index in [0.29, 0.717) is 0 Å². The van der Waals surface area contributed by atoms with Gasteiger partial charge in [-0.05, 0) is 18.2 Å². The summed E-state index contributed by atoms with van der Waals surface area (Å²) in [6.07, 6.45) is 0. The van der Waals surface area contributed by atoms with Crippen LogP contribution in [0.15, 0.2) is 30.3 Å². The molecule has 17 heavy (non-hydrogen) atoms. The third kappa shape index (κ3) is 2.74. The van der Waals surface area contributed by atoms with Crippen molar-refractivity contribution < 1.29 is 33.3 Å². The van der Waals surface area contributed by atoms with Crippen molar-refractivity contribution in [1.29, 1.82) is 0 Å². The highest BCUT2D eigenvalue weighted by Crippen LogP contribution is 2.20. The fourth-order valence-corrected chi connectivity index (χ4v) is 1.86. The molecule has 0 saturated carbocycles. The summed E-state index contributed by atoms with van der Waals surface area (Å²) >= 11 is 0. The average molecular weight is 342 g/mol. The molecule has 1 aromatic carbocycles. The molecule has 0 fully saturated rings. The zero-order valence-electron chi connectivity index (χ0n) is 10.1. The van der Waals surface area contributed by atoms with E-state index >= 15 is 0 Å². The third-order valence-corrected chi connectivity index (χ3v) is 2.75.